The van der Waals surface area contributed by atoms with Crippen molar-refractivity contribution in [1.82, 2.24) is 10.6 Å². The molecule has 9 heteroatoms. The van der Waals surface area contributed by atoms with Crippen molar-refractivity contribution < 1.29 is 28.6 Å². The molecule has 0 saturated heterocycles. The SMILES string of the molecule is CC.CC.NOCC(=O)NCCOCCOCCOCCNC=O. The zero-order valence-electron chi connectivity index (χ0n) is 15.5. The lowest BCUT2D eigenvalue weighted by molar-refractivity contribution is -0.126. The third kappa shape index (κ3) is 28.8. The quantitative estimate of drug-likeness (QED) is 0.212. The van der Waals surface area contributed by atoms with Crippen molar-refractivity contribution in [2.24, 2.45) is 5.90 Å². The van der Waals surface area contributed by atoms with Gasteiger partial charge in [0.25, 0.3) is 0 Å². The van der Waals surface area contributed by atoms with Crippen molar-refractivity contribution in [1.29, 1.82) is 0 Å². The van der Waals surface area contributed by atoms with E-state index in [1.807, 2.05) is 27.7 Å². The molecule has 0 aliphatic rings. The zero-order valence-corrected chi connectivity index (χ0v) is 15.5. The van der Waals surface area contributed by atoms with Gasteiger partial charge in [-0.2, -0.15) is 0 Å². The van der Waals surface area contributed by atoms with Gasteiger partial charge in [0, 0.05) is 13.1 Å². The smallest absolute Gasteiger partial charge is 0.248 e. The van der Waals surface area contributed by atoms with Gasteiger partial charge in [-0.05, 0) is 0 Å². The predicted molar refractivity (Wildman–Crippen MR) is 92.4 cm³/mol. The molecule has 0 bridgehead atoms. The highest BCUT2D eigenvalue weighted by Crippen LogP contribution is 1.81. The second-order valence-corrected chi connectivity index (χ2v) is 3.57. The Balaban J connectivity index is -0.00000102. The van der Waals surface area contributed by atoms with Crippen molar-refractivity contribution in [2.45, 2.75) is 27.7 Å². The van der Waals surface area contributed by atoms with Gasteiger partial charge in [0.15, 0.2) is 0 Å². The summed E-state index contributed by atoms with van der Waals surface area (Å²) in [5.74, 6) is 4.45. The molecule has 0 aliphatic heterocycles. The zero-order chi connectivity index (χ0) is 18.9. The summed E-state index contributed by atoms with van der Waals surface area (Å²) in [5.41, 5.74) is 0. The minimum atomic E-state index is -0.284. The summed E-state index contributed by atoms with van der Waals surface area (Å²) < 4.78 is 15.6. The van der Waals surface area contributed by atoms with Crippen LogP contribution in [-0.2, 0) is 28.6 Å². The maximum Gasteiger partial charge on any atom is 0.248 e. The molecular weight excluding hydrogens is 318 g/mol. The summed E-state index contributed by atoms with van der Waals surface area (Å²) in [5, 5.41) is 5.04. The lowest BCUT2D eigenvalue weighted by Gasteiger charge is -2.07. The number of nitrogens with two attached hydrogens (primary N) is 1. The Hall–Kier alpha value is -1.26. The van der Waals surface area contributed by atoms with E-state index >= 15 is 0 Å². The number of carbonyl (C=O) groups is 2. The number of amides is 2. The Labute approximate surface area is 145 Å². The lowest BCUT2D eigenvalue weighted by Crippen LogP contribution is -2.31. The fraction of sp³-hybridized carbons (Fsp3) is 0.867. The molecule has 0 rings (SSSR count). The van der Waals surface area contributed by atoms with Crippen LogP contribution >= 0.6 is 0 Å². The van der Waals surface area contributed by atoms with Crippen LogP contribution < -0.4 is 16.5 Å². The van der Waals surface area contributed by atoms with Gasteiger partial charge in [0.05, 0.1) is 39.6 Å². The molecule has 0 saturated carbocycles. The molecule has 0 aromatic carbocycles. The van der Waals surface area contributed by atoms with E-state index in [1.165, 1.54) is 0 Å². The van der Waals surface area contributed by atoms with Gasteiger partial charge < -0.3 is 24.8 Å². The predicted octanol–water partition coefficient (Wildman–Crippen LogP) is -0.159. The van der Waals surface area contributed by atoms with Gasteiger partial charge in [-0.1, -0.05) is 27.7 Å². The molecule has 9 nitrogen and oxygen atoms in total. The van der Waals surface area contributed by atoms with Crippen LogP contribution in [0, 0.1) is 0 Å². The second-order valence-electron chi connectivity index (χ2n) is 3.57. The molecule has 0 radical (unpaired) electrons. The molecule has 0 fully saturated rings. The first-order valence-electron chi connectivity index (χ1n) is 8.30. The maximum absolute atomic E-state index is 10.9. The van der Waals surface area contributed by atoms with Crippen LogP contribution in [0.3, 0.4) is 0 Å². The van der Waals surface area contributed by atoms with E-state index < -0.39 is 0 Å². The number of ether oxygens (including phenoxy) is 3. The van der Waals surface area contributed by atoms with Gasteiger partial charge in [0.1, 0.15) is 6.61 Å². The van der Waals surface area contributed by atoms with Gasteiger partial charge in [-0.3, -0.25) is 14.4 Å². The fourth-order valence-corrected chi connectivity index (χ4v) is 1.12. The topological polar surface area (TPSA) is 121 Å². The Morgan fingerprint density at radius 2 is 1.33 bits per heavy atom. The molecule has 0 heterocycles. The van der Waals surface area contributed by atoms with Crippen LogP contribution in [0.15, 0.2) is 0 Å². The van der Waals surface area contributed by atoms with Crippen LogP contribution in [0.2, 0.25) is 0 Å². The maximum atomic E-state index is 10.9. The van der Waals surface area contributed by atoms with Crippen LogP contribution in [0.25, 0.3) is 0 Å². The van der Waals surface area contributed by atoms with E-state index in [0.717, 1.165) is 0 Å². The van der Waals surface area contributed by atoms with Crippen molar-refractivity contribution in [3.8, 4) is 0 Å². The van der Waals surface area contributed by atoms with Crippen LogP contribution in [-0.4, -0.2) is 71.7 Å². The summed E-state index contributed by atoms with van der Waals surface area (Å²) in [6.07, 6.45) is 0.628. The van der Waals surface area contributed by atoms with E-state index in [1.54, 1.807) is 0 Å². The van der Waals surface area contributed by atoms with Gasteiger partial charge >= 0.3 is 0 Å². The molecule has 0 aromatic rings. The largest absolute Gasteiger partial charge is 0.377 e. The normalized spacial score (nSPS) is 9.04. The summed E-state index contributed by atoms with van der Waals surface area (Å²) in [4.78, 5) is 25.0. The van der Waals surface area contributed by atoms with Crippen molar-refractivity contribution in [2.75, 3.05) is 59.3 Å². The monoisotopic (exact) mass is 353 g/mol. The van der Waals surface area contributed by atoms with Crippen LogP contribution in [0.4, 0.5) is 0 Å². The van der Waals surface area contributed by atoms with E-state index in [-0.39, 0.29) is 12.5 Å². The van der Waals surface area contributed by atoms with Crippen molar-refractivity contribution in [3.05, 3.63) is 0 Å². The molecule has 0 spiro atoms. The highest BCUT2D eigenvalue weighted by Gasteiger charge is 1.98. The lowest BCUT2D eigenvalue weighted by atomic mass is 10.6. The average molecular weight is 353 g/mol. The fourth-order valence-electron chi connectivity index (χ4n) is 1.12. The average Bonchev–Trinajstić information content (AvgIpc) is 2.62. The minimum absolute atomic E-state index is 0.161. The summed E-state index contributed by atoms with van der Waals surface area (Å²) >= 11 is 0. The first-order chi connectivity index (χ1) is 11.8. The number of hydrogen-bond donors (Lipinski definition) is 3. The summed E-state index contributed by atoms with van der Waals surface area (Å²) in [6, 6.07) is 0. The van der Waals surface area contributed by atoms with Crippen molar-refractivity contribution in [3.63, 3.8) is 0 Å². The first-order valence-corrected chi connectivity index (χ1v) is 8.30. The molecule has 146 valence electrons. The molecule has 2 amide bonds. The van der Waals surface area contributed by atoms with E-state index in [4.69, 9.17) is 20.1 Å². The van der Waals surface area contributed by atoms with E-state index in [0.29, 0.717) is 59.1 Å². The molecule has 4 N–H and O–H groups in total. The summed E-state index contributed by atoms with van der Waals surface area (Å²) in [7, 11) is 0. The van der Waals surface area contributed by atoms with Crippen LogP contribution in [0.5, 0.6) is 0 Å². The molecule has 0 aliphatic carbocycles. The Morgan fingerprint density at radius 1 is 0.875 bits per heavy atom. The van der Waals surface area contributed by atoms with E-state index in [9.17, 15) is 9.59 Å². The Bertz CT molecular complexity index is 245. The summed E-state index contributed by atoms with van der Waals surface area (Å²) in [6.45, 7) is 11.4. The number of carbonyl (C=O) groups excluding carboxylic acids is 2. The van der Waals surface area contributed by atoms with Crippen LogP contribution in [0.1, 0.15) is 27.7 Å². The molecule has 0 aromatic heterocycles. The van der Waals surface area contributed by atoms with Gasteiger partial charge in [-0.25, -0.2) is 5.90 Å². The molecule has 0 atom stereocenters. The Kier molecular flexibility index (Phi) is 34.1. The first kappa shape index (κ1) is 27.6. The molecule has 0 unspecified atom stereocenters. The highest BCUT2D eigenvalue weighted by molar-refractivity contribution is 5.77. The molecule has 24 heavy (non-hydrogen) atoms. The van der Waals surface area contributed by atoms with E-state index in [2.05, 4.69) is 15.5 Å². The standard InChI is InChI=1S/C11H23N3O6.2C2H6/c12-20-9-11(16)14-2-4-18-6-8-19-7-5-17-3-1-13-10-15;2*1-2/h10H,1-9,12H2,(H,13,15)(H,14,16);2*1-2H3. The van der Waals surface area contributed by atoms with Gasteiger partial charge in [-0.15, -0.1) is 0 Å². The molecular formula is C15H35N3O6. The third-order valence-corrected chi connectivity index (χ3v) is 2.00. The highest BCUT2D eigenvalue weighted by atomic mass is 16.6. The van der Waals surface area contributed by atoms with Gasteiger partial charge in [0.2, 0.25) is 12.3 Å². The second kappa shape index (κ2) is 29.7. The Morgan fingerprint density at radius 3 is 1.79 bits per heavy atom. The minimum Gasteiger partial charge on any atom is -0.377 e. The third-order valence-electron chi connectivity index (χ3n) is 2.00. The number of rotatable bonds is 15. The number of nitrogens with one attached hydrogen (secondary N) is 2. The van der Waals surface area contributed by atoms with Crippen molar-refractivity contribution >= 4 is 12.3 Å². The number of hydrogen-bond acceptors (Lipinski definition) is 7.